The Bertz CT molecular complexity index is 391. The summed E-state index contributed by atoms with van der Waals surface area (Å²) in [5, 5.41) is 0. The normalized spacial score (nSPS) is 18.9. The molecule has 4 heteroatoms. The lowest BCUT2D eigenvalue weighted by Crippen LogP contribution is -2.56. The van der Waals surface area contributed by atoms with Crippen LogP contribution in [0.3, 0.4) is 0 Å². The van der Waals surface area contributed by atoms with E-state index in [1.54, 1.807) is 0 Å². The van der Waals surface area contributed by atoms with Gasteiger partial charge in [0.05, 0.1) is 0 Å². The first-order chi connectivity index (χ1) is 9.05. The van der Waals surface area contributed by atoms with Crippen LogP contribution >= 0.6 is 0 Å². The Hall–Kier alpha value is -0.870. The Morgan fingerprint density at radius 2 is 2.05 bits per heavy atom. The van der Waals surface area contributed by atoms with Gasteiger partial charge in [-0.05, 0) is 46.2 Å². The van der Waals surface area contributed by atoms with Crippen LogP contribution < -0.4 is 5.73 Å². The SMILES string of the molecule is CCCn1ccnc1CC(N)C(C)(C)N1CCCC1. The van der Waals surface area contributed by atoms with E-state index in [1.807, 2.05) is 6.20 Å². The van der Waals surface area contributed by atoms with Crippen LogP contribution in [0.2, 0.25) is 0 Å². The van der Waals surface area contributed by atoms with Crippen LogP contribution in [0.5, 0.6) is 0 Å². The molecule has 1 aliphatic rings. The summed E-state index contributed by atoms with van der Waals surface area (Å²) >= 11 is 0. The van der Waals surface area contributed by atoms with Crippen molar-refractivity contribution < 1.29 is 0 Å². The van der Waals surface area contributed by atoms with Crippen molar-refractivity contribution in [3.63, 3.8) is 0 Å². The molecule has 0 spiro atoms. The zero-order valence-corrected chi connectivity index (χ0v) is 12.6. The zero-order valence-electron chi connectivity index (χ0n) is 12.6. The largest absolute Gasteiger partial charge is 0.335 e. The van der Waals surface area contributed by atoms with Crippen LogP contribution in [0.4, 0.5) is 0 Å². The average Bonchev–Trinajstić information content (AvgIpc) is 3.01. The van der Waals surface area contributed by atoms with E-state index in [0.29, 0.717) is 0 Å². The van der Waals surface area contributed by atoms with Gasteiger partial charge in [-0.1, -0.05) is 6.92 Å². The second kappa shape index (κ2) is 6.06. The minimum absolute atomic E-state index is 0.0551. The molecule has 1 aromatic heterocycles. The molecule has 1 fully saturated rings. The molecule has 2 rings (SSSR count). The fourth-order valence-corrected chi connectivity index (χ4v) is 2.95. The third-order valence-electron chi connectivity index (χ3n) is 4.50. The molecule has 1 saturated heterocycles. The van der Waals surface area contributed by atoms with Gasteiger partial charge in [-0.15, -0.1) is 0 Å². The highest BCUT2D eigenvalue weighted by Gasteiger charge is 2.35. The maximum atomic E-state index is 6.49. The summed E-state index contributed by atoms with van der Waals surface area (Å²) in [6.45, 7) is 10.1. The lowest BCUT2D eigenvalue weighted by atomic mass is 9.90. The topological polar surface area (TPSA) is 47.1 Å². The third-order valence-corrected chi connectivity index (χ3v) is 4.50. The molecular weight excluding hydrogens is 236 g/mol. The van der Waals surface area contributed by atoms with Gasteiger partial charge in [-0.2, -0.15) is 0 Å². The number of imidazole rings is 1. The van der Waals surface area contributed by atoms with Gasteiger partial charge in [0.15, 0.2) is 0 Å². The summed E-state index contributed by atoms with van der Waals surface area (Å²) in [4.78, 5) is 7.01. The lowest BCUT2D eigenvalue weighted by Gasteiger charge is -2.40. The van der Waals surface area contributed by atoms with Gasteiger partial charge < -0.3 is 10.3 Å². The van der Waals surface area contributed by atoms with E-state index in [4.69, 9.17) is 5.73 Å². The first kappa shape index (κ1) is 14.5. The number of nitrogens with two attached hydrogens (primary N) is 1. The van der Waals surface area contributed by atoms with Gasteiger partial charge in [0, 0.05) is 36.9 Å². The number of nitrogens with zero attached hydrogens (tertiary/aromatic N) is 3. The molecule has 108 valence electrons. The molecule has 0 aromatic carbocycles. The number of hydrogen-bond donors (Lipinski definition) is 1. The molecule has 0 saturated carbocycles. The molecule has 0 radical (unpaired) electrons. The quantitative estimate of drug-likeness (QED) is 0.855. The van der Waals surface area contributed by atoms with E-state index in [2.05, 4.69) is 41.4 Å². The summed E-state index contributed by atoms with van der Waals surface area (Å²) in [6.07, 6.45) is 8.56. The molecule has 4 nitrogen and oxygen atoms in total. The van der Waals surface area contributed by atoms with Crippen molar-refractivity contribution in [1.82, 2.24) is 14.5 Å². The van der Waals surface area contributed by atoms with Crippen LogP contribution in [-0.2, 0) is 13.0 Å². The van der Waals surface area contributed by atoms with E-state index < -0.39 is 0 Å². The average molecular weight is 264 g/mol. The molecule has 19 heavy (non-hydrogen) atoms. The predicted octanol–water partition coefficient (Wildman–Crippen LogP) is 2.04. The Balaban J connectivity index is 2.02. The van der Waals surface area contributed by atoms with Gasteiger partial charge in [0.25, 0.3) is 0 Å². The maximum absolute atomic E-state index is 6.49. The van der Waals surface area contributed by atoms with Crippen LogP contribution in [0.25, 0.3) is 0 Å². The molecule has 0 aliphatic carbocycles. The van der Waals surface area contributed by atoms with Crippen LogP contribution in [0, 0.1) is 0 Å². The predicted molar refractivity (Wildman–Crippen MR) is 79.1 cm³/mol. The summed E-state index contributed by atoms with van der Waals surface area (Å²) in [6, 6.07) is 0.128. The van der Waals surface area contributed by atoms with E-state index in [1.165, 1.54) is 25.9 Å². The van der Waals surface area contributed by atoms with Crippen molar-refractivity contribution in [2.75, 3.05) is 13.1 Å². The number of rotatable bonds is 6. The Kier molecular flexibility index (Phi) is 4.63. The van der Waals surface area contributed by atoms with Crippen molar-refractivity contribution >= 4 is 0 Å². The van der Waals surface area contributed by atoms with Gasteiger partial charge in [0.1, 0.15) is 5.82 Å². The van der Waals surface area contributed by atoms with E-state index in [-0.39, 0.29) is 11.6 Å². The number of aryl methyl sites for hydroxylation is 1. The molecule has 1 atom stereocenters. The Labute approximate surface area is 117 Å². The standard InChI is InChI=1S/C15H28N4/c1-4-8-18-11-7-17-14(18)12-13(16)15(2,3)19-9-5-6-10-19/h7,11,13H,4-6,8-10,12,16H2,1-3H3. The Morgan fingerprint density at radius 1 is 1.37 bits per heavy atom. The lowest BCUT2D eigenvalue weighted by molar-refractivity contribution is 0.122. The van der Waals surface area contributed by atoms with Crippen molar-refractivity contribution in [1.29, 1.82) is 0 Å². The van der Waals surface area contributed by atoms with Crippen molar-refractivity contribution in [2.24, 2.45) is 5.73 Å². The fourth-order valence-electron chi connectivity index (χ4n) is 2.95. The van der Waals surface area contributed by atoms with Gasteiger partial charge in [-0.3, -0.25) is 4.90 Å². The highest BCUT2D eigenvalue weighted by molar-refractivity contribution is 5.02. The van der Waals surface area contributed by atoms with Crippen LogP contribution in [-0.4, -0.2) is 39.1 Å². The molecule has 1 aliphatic heterocycles. The van der Waals surface area contributed by atoms with Gasteiger partial charge in [0.2, 0.25) is 0 Å². The highest BCUT2D eigenvalue weighted by atomic mass is 15.2. The number of likely N-dealkylation sites (tertiary alicyclic amines) is 1. The minimum atomic E-state index is 0.0551. The Morgan fingerprint density at radius 3 is 2.68 bits per heavy atom. The minimum Gasteiger partial charge on any atom is -0.335 e. The molecule has 2 N–H and O–H groups in total. The van der Waals surface area contributed by atoms with Gasteiger partial charge >= 0.3 is 0 Å². The molecule has 1 aromatic rings. The highest BCUT2D eigenvalue weighted by Crippen LogP contribution is 2.24. The first-order valence-electron chi connectivity index (χ1n) is 7.56. The van der Waals surface area contributed by atoms with E-state index >= 15 is 0 Å². The summed E-state index contributed by atoms with van der Waals surface area (Å²) in [5.74, 6) is 1.13. The van der Waals surface area contributed by atoms with Crippen LogP contribution in [0.15, 0.2) is 12.4 Å². The van der Waals surface area contributed by atoms with Crippen LogP contribution in [0.1, 0.15) is 45.9 Å². The summed E-state index contributed by atoms with van der Waals surface area (Å²) in [7, 11) is 0. The maximum Gasteiger partial charge on any atom is 0.110 e. The van der Waals surface area contributed by atoms with E-state index in [0.717, 1.165) is 25.2 Å². The smallest absolute Gasteiger partial charge is 0.110 e. The summed E-state index contributed by atoms with van der Waals surface area (Å²) in [5.41, 5.74) is 6.55. The molecule has 2 heterocycles. The van der Waals surface area contributed by atoms with Gasteiger partial charge in [-0.25, -0.2) is 4.98 Å². The van der Waals surface area contributed by atoms with Crippen molar-refractivity contribution in [3.8, 4) is 0 Å². The van der Waals surface area contributed by atoms with E-state index in [9.17, 15) is 0 Å². The molecular formula is C15H28N4. The number of aromatic nitrogens is 2. The third kappa shape index (κ3) is 3.18. The fraction of sp³-hybridized carbons (Fsp3) is 0.800. The van der Waals surface area contributed by atoms with Crippen molar-refractivity contribution in [3.05, 3.63) is 18.2 Å². The first-order valence-corrected chi connectivity index (χ1v) is 7.56. The molecule has 0 amide bonds. The second-order valence-electron chi connectivity index (χ2n) is 6.20. The number of hydrogen-bond acceptors (Lipinski definition) is 3. The zero-order chi connectivity index (χ0) is 13.9. The summed E-state index contributed by atoms with van der Waals surface area (Å²) < 4.78 is 2.24. The molecule has 0 bridgehead atoms. The monoisotopic (exact) mass is 264 g/mol. The molecule has 1 unspecified atom stereocenters. The second-order valence-corrected chi connectivity index (χ2v) is 6.20. The van der Waals surface area contributed by atoms with Crippen molar-refractivity contribution in [2.45, 2.75) is 64.6 Å².